The van der Waals surface area contributed by atoms with Gasteiger partial charge in [-0.3, -0.25) is 9.69 Å². The number of hydrogen-bond donors (Lipinski definition) is 2. The largest absolute Gasteiger partial charge is 0.497 e. The third-order valence-corrected chi connectivity index (χ3v) is 4.62. The molecule has 0 bridgehead atoms. The third-order valence-electron chi connectivity index (χ3n) is 4.62. The first kappa shape index (κ1) is 17.4. The first-order chi connectivity index (χ1) is 12.1. The summed E-state index contributed by atoms with van der Waals surface area (Å²) in [5, 5.41) is 3.13. The smallest absolute Gasteiger partial charge is 0.253 e. The van der Waals surface area contributed by atoms with E-state index in [0.717, 1.165) is 54.4 Å². The maximum atomic E-state index is 12.3. The van der Waals surface area contributed by atoms with E-state index in [1.54, 1.807) is 20.4 Å². The van der Waals surface area contributed by atoms with Crippen LogP contribution in [-0.4, -0.2) is 49.1 Å². The fraction of sp³-hybridized carbons (Fsp3) is 0.421. The number of carbonyl (C=O) groups excluding carboxylic acids is 1. The quantitative estimate of drug-likeness (QED) is 0.845. The third kappa shape index (κ3) is 4.14. The lowest BCUT2D eigenvalue weighted by Crippen LogP contribution is -2.37. The zero-order valence-electron chi connectivity index (χ0n) is 15.0. The van der Waals surface area contributed by atoms with Crippen LogP contribution in [0.5, 0.6) is 11.5 Å². The van der Waals surface area contributed by atoms with Crippen LogP contribution in [0.4, 0.5) is 0 Å². The highest BCUT2D eigenvalue weighted by molar-refractivity contribution is 5.95. The number of ether oxygens (including phenoxy) is 2. The van der Waals surface area contributed by atoms with Gasteiger partial charge in [0.15, 0.2) is 0 Å². The van der Waals surface area contributed by atoms with Crippen molar-refractivity contribution in [3.8, 4) is 11.5 Å². The number of hydrogen-bond acceptors (Lipinski definition) is 4. The zero-order valence-corrected chi connectivity index (χ0v) is 15.0. The molecule has 1 amide bonds. The molecule has 0 spiro atoms. The number of likely N-dealkylation sites (tertiary alicyclic amines) is 1. The molecule has 2 heterocycles. The van der Waals surface area contributed by atoms with Crippen molar-refractivity contribution in [1.29, 1.82) is 0 Å². The topological polar surface area (TPSA) is 66.6 Å². The molecule has 3 rings (SSSR count). The number of aromatic amines is 1. The summed E-state index contributed by atoms with van der Waals surface area (Å²) >= 11 is 0. The summed E-state index contributed by atoms with van der Waals surface area (Å²) in [4.78, 5) is 17.7. The van der Waals surface area contributed by atoms with Crippen molar-refractivity contribution in [2.45, 2.75) is 25.9 Å². The molecule has 1 aliphatic rings. The van der Waals surface area contributed by atoms with Gasteiger partial charge in [0.25, 0.3) is 5.91 Å². The molecule has 1 saturated heterocycles. The molecule has 1 aromatic carbocycles. The first-order valence-electron chi connectivity index (χ1n) is 8.48. The Morgan fingerprint density at radius 1 is 1.28 bits per heavy atom. The van der Waals surface area contributed by atoms with Gasteiger partial charge in [-0.2, -0.15) is 0 Å². The molecular formula is C19H25N3O3. The molecule has 0 radical (unpaired) electrons. The van der Waals surface area contributed by atoms with Gasteiger partial charge < -0.3 is 19.8 Å². The van der Waals surface area contributed by atoms with E-state index in [9.17, 15) is 4.79 Å². The summed E-state index contributed by atoms with van der Waals surface area (Å²) in [6.45, 7) is 4.51. The second-order valence-corrected chi connectivity index (χ2v) is 6.43. The van der Waals surface area contributed by atoms with Crippen LogP contribution in [0.2, 0.25) is 0 Å². The number of aromatic nitrogens is 1. The van der Waals surface area contributed by atoms with Gasteiger partial charge in [-0.1, -0.05) is 0 Å². The summed E-state index contributed by atoms with van der Waals surface area (Å²) in [5.41, 5.74) is 2.76. The van der Waals surface area contributed by atoms with Crippen molar-refractivity contribution in [3.05, 3.63) is 47.3 Å². The van der Waals surface area contributed by atoms with Crippen molar-refractivity contribution in [2.75, 3.05) is 27.3 Å². The number of amides is 1. The van der Waals surface area contributed by atoms with Crippen LogP contribution in [0.25, 0.3) is 0 Å². The van der Waals surface area contributed by atoms with Crippen molar-refractivity contribution >= 4 is 5.91 Å². The summed E-state index contributed by atoms with van der Waals surface area (Å²) in [7, 11) is 3.31. The monoisotopic (exact) mass is 343 g/mol. The van der Waals surface area contributed by atoms with Crippen molar-refractivity contribution in [1.82, 2.24) is 15.2 Å². The lowest BCUT2D eigenvalue weighted by Gasteiger charge is -2.18. The highest BCUT2D eigenvalue weighted by atomic mass is 16.5. The molecule has 2 aromatic rings. The number of H-pyrrole nitrogens is 1. The molecule has 1 aliphatic heterocycles. The molecule has 6 heteroatoms. The standard InChI is InChI=1S/C19H25N3O3/c1-13-18(4-6-20-13)19(23)21-15-5-7-22(12-15)11-14-8-16(24-2)10-17(9-14)25-3/h4,6,8-10,15,20H,5,7,11-12H2,1-3H3,(H,21,23)/t15-/m0/s1. The number of nitrogens with one attached hydrogen (secondary N) is 2. The van der Waals surface area contributed by atoms with E-state index < -0.39 is 0 Å². The summed E-state index contributed by atoms with van der Waals surface area (Å²) in [5.74, 6) is 1.58. The van der Waals surface area contributed by atoms with Crippen LogP contribution in [0, 0.1) is 6.92 Å². The molecule has 6 nitrogen and oxygen atoms in total. The SMILES string of the molecule is COc1cc(CN2CC[C@H](NC(=O)c3cc[nH]c3C)C2)cc(OC)c1. The number of methoxy groups -OCH3 is 2. The molecule has 25 heavy (non-hydrogen) atoms. The minimum absolute atomic E-state index is 0.00588. The summed E-state index contributed by atoms with van der Waals surface area (Å²) in [6, 6.07) is 7.92. The molecular weight excluding hydrogens is 318 g/mol. The molecule has 0 aliphatic carbocycles. The predicted octanol–water partition coefficient (Wildman–Crippen LogP) is 2.34. The lowest BCUT2D eigenvalue weighted by molar-refractivity contribution is 0.0937. The highest BCUT2D eigenvalue weighted by Gasteiger charge is 2.25. The Bertz CT molecular complexity index is 719. The number of aryl methyl sites for hydroxylation is 1. The minimum Gasteiger partial charge on any atom is -0.497 e. The van der Waals surface area contributed by atoms with E-state index in [0.29, 0.717) is 0 Å². The van der Waals surface area contributed by atoms with E-state index in [1.807, 2.05) is 31.2 Å². The van der Waals surface area contributed by atoms with E-state index in [2.05, 4.69) is 15.2 Å². The number of benzene rings is 1. The predicted molar refractivity (Wildman–Crippen MR) is 96.2 cm³/mol. The van der Waals surface area contributed by atoms with Gasteiger partial charge in [0.2, 0.25) is 0 Å². The van der Waals surface area contributed by atoms with Crippen molar-refractivity contribution in [2.24, 2.45) is 0 Å². The van der Waals surface area contributed by atoms with Crippen LogP contribution in [-0.2, 0) is 6.54 Å². The van der Waals surface area contributed by atoms with Crippen molar-refractivity contribution < 1.29 is 14.3 Å². The Hall–Kier alpha value is -2.47. The van der Waals surface area contributed by atoms with E-state index in [-0.39, 0.29) is 11.9 Å². The second-order valence-electron chi connectivity index (χ2n) is 6.43. The van der Waals surface area contributed by atoms with Gasteiger partial charge in [0.1, 0.15) is 11.5 Å². The van der Waals surface area contributed by atoms with Crippen LogP contribution in [0.1, 0.15) is 28.0 Å². The Morgan fingerprint density at radius 2 is 2.00 bits per heavy atom. The average molecular weight is 343 g/mol. The maximum absolute atomic E-state index is 12.3. The maximum Gasteiger partial charge on any atom is 0.253 e. The zero-order chi connectivity index (χ0) is 17.8. The molecule has 2 N–H and O–H groups in total. The highest BCUT2D eigenvalue weighted by Crippen LogP contribution is 2.24. The first-order valence-corrected chi connectivity index (χ1v) is 8.48. The van der Waals surface area contributed by atoms with Gasteiger partial charge in [-0.05, 0) is 37.1 Å². The Labute approximate surface area is 148 Å². The number of carbonyl (C=O) groups is 1. The van der Waals surface area contributed by atoms with Gasteiger partial charge >= 0.3 is 0 Å². The van der Waals surface area contributed by atoms with Crippen LogP contribution >= 0.6 is 0 Å². The fourth-order valence-electron chi connectivity index (χ4n) is 3.27. The van der Waals surface area contributed by atoms with Gasteiger partial charge in [-0.15, -0.1) is 0 Å². The van der Waals surface area contributed by atoms with Gasteiger partial charge in [-0.25, -0.2) is 0 Å². The van der Waals surface area contributed by atoms with Crippen LogP contribution < -0.4 is 14.8 Å². The van der Waals surface area contributed by atoms with E-state index in [1.165, 1.54) is 0 Å². The summed E-state index contributed by atoms with van der Waals surface area (Å²) in [6.07, 6.45) is 2.75. The number of rotatable bonds is 6. The van der Waals surface area contributed by atoms with E-state index in [4.69, 9.17) is 9.47 Å². The Kier molecular flexibility index (Phi) is 5.28. The summed E-state index contributed by atoms with van der Waals surface area (Å²) < 4.78 is 10.7. The Balaban J connectivity index is 1.58. The van der Waals surface area contributed by atoms with Gasteiger partial charge in [0, 0.05) is 43.6 Å². The fourth-order valence-corrected chi connectivity index (χ4v) is 3.27. The van der Waals surface area contributed by atoms with E-state index >= 15 is 0 Å². The molecule has 134 valence electrons. The molecule has 0 unspecified atom stereocenters. The van der Waals surface area contributed by atoms with Crippen LogP contribution in [0.15, 0.2) is 30.5 Å². The number of nitrogens with zero attached hydrogens (tertiary/aromatic N) is 1. The second kappa shape index (κ2) is 7.61. The molecule has 1 atom stereocenters. The minimum atomic E-state index is -0.00588. The van der Waals surface area contributed by atoms with Crippen LogP contribution in [0.3, 0.4) is 0 Å². The normalized spacial score (nSPS) is 17.5. The molecule has 0 saturated carbocycles. The lowest BCUT2D eigenvalue weighted by atomic mass is 10.2. The molecule has 1 fully saturated rings. The molecule has 1 aromatic heterocycles. The van der Waals surface area contributed by atoms with Crippen molar-refractivity contribution in [3.63, 3.8) is 0 Å². The van der Waals surface area contributed by atoms with Gasteiger partial charge in [0.05, 0.1) is 19.8 Å². The Morgan fingerprint density at radius 3 is 2.60 bits per heavy atom. The average Bonchev–Trinajstić information content (AvgIpc) is 3.23.